The molecule has 0 unspecified atom stereocenters. The van der Waals surface area contributed by atoms with Gasteiger partial charge in [0.05, 0.1) is 5.25 Å². The number of benzene rings is 1. The van der Waals surface area contributed by atoms with Crippen LogP contribution < -0.4 is 10.6 Å². The predicted molar refractivity (Wildman–Crippen MR) is 114 cm³/mol. The Balaban J connectivity index is 1.53. The molecule has 2 N–H and O–H groups in total. The van der Waals surface area contributed by atoms with Crippen LogP contribution in [0.15, 0.2) is 28.6 Å². The Morgan fingerprint density at radius 2 is 1.96 bits per heavy atom. The van der Waals surface area contributed by atoms with Crippen molar-refractivity contribution in [3.05, 3.63) is 29.8 Å². The van der Waals surface area contributed by atoms with Crippen molar-refractivity contribution in [3.8, 4) is 0 Å². The highest BCUT2D eigenvalue weighted by atomic mass is 32.2. The minimum Gasteiger partial charge on any atom is -0.352 e. The molecule has 1 aliphatic rings. The minimum absolute atomic E-state index is 0.0918. The van der Waals surface area contributed by atoms with Crippen molar-refractivity contribution in [3.63, 3.8) is 0 Å². The quantitative estimate of drug-likeness (QED) is 0.662. The molecule has 3 rings (SSSR count). The van der Waals surface area contributed by atoms with Crippen molar-refractivity contribution in [1.82, 2.24) is 15.5 Å². The van der Waals surface area contributed by atoms with Gasteiger partial charge in [0.15, 0.2) is 4.34 Å². The molecule has 1 heterocycles. The van der Waals surface area contributed by atoms with Gasteiger partial charge in [-0.2, -0.15) is 0 Å². The summed E-state index contributed by atoms with van der Waals surface area (Å²) in [5.41, 5.74) is 2.20. The summed E-state index contributed by atoms with van der Waals surface area (Å²) in [6.07, 6.45) is 3.54. The third kappa shape index (κ3) is 5.45. The van der Waals surface area contributed by atoms with Crippen LogP contribution >= 0.6 is 23.1 Å². The number of rotatable bonds is 6. The number of hydrogen-bond donors (Lipinski definition) is 2. The number of nitrogens with one attached hydrogen (secondary N) is 2. The number of carbonyl (C=O) groups excluding carboxylic acids is 1. The van der Waals surface area contributed by atoms with E-state index in [-0.39, 0.29) is 17.2 Å². The van der Waals surface area contributed by atoms with Gasteiger partial charge in [-0.25, -0.2) is 0 Å². The Labute approximate surface area is 169 Å². The molecule has 5 nitrogen and oxygen atoms in total. The molecule has 0 radical (unpaired) electrons. The molecule has 27 heavy (non-hydrogen) atoms. The Morgan fingerprint density at radius 3 is 2.70 bits per heavy atom. The summed E-state index contributed by atoms with van der Waals surface area (Å²) in [5, 5.41) is 15.5. The first-order valence-corrected chi connectivity index (χ1v) is 11.3. The molecule has 1 aromatic carbocycles. The highest BCUT2D eigenvalue weighted by Gasteiger charge is 2.29. The van der Waals surface area contributed by atoms with Crippen molar-refractivity contribution in [2.45, 2.75) is 62.6 Å². The standard InChI is InChI=1S/C20H28N4OS2/c1-12-8-10-16(11-9-12)21-19-23-24-20(27-19)26-15(4)18(25)22-17-7-5-6-13(2)14(17)3/h8-11,13-15,17H,5-7H2,1-4H3,(H,21,23)(H,22,25)/t13-,14+,15+,17-/m0/s1. The fraction of sp³-hybridized carbons (Fsp3) is 0.550. The zero-order valence-electron chi connectivity index (χ0n) is 16.4. The van der Waals surface area contributed by atoms with Crippen LogP contribution in [-0.4, -0.2) is 27.4 Å². The normalized spacial score (nSPS) is 23.6. The van der Waals surface area contributed by atoms with Crippen LogP contribution in [0, 0.1) is 18.8 Å². The fourth-order valence-corrected chi connectivity index (χ4v) is 5.28. The van der Waals surface area contributed by atoms with Crippen molar-refractivity contribution in [2.24, 2.45) is 11.8 Å². The van der Waals surface area contributed by atoms with E-state index in [9.17, 15) is 4.79 Å². The maximum atomic E-state index is 12.6. The van der Waals surface area contributed by atoms with Crippen molar-refractivity contribution >= 4 is 39.8 Å². The Bertz CT molecular complexity index is 762. The van der Waals surface area contributed by atoms with E-state index in [1.807, 2.05) is 19.1 Å². The SMILES string of the molecule is Cc1ccc(Nc2nnc(S[C@H](C)C(=O)N[C@H]3CCC[C@H](C)[C@H]3C)s2)cc1. The number of carbonyl (C=O) groups is 1. The first-order chi connectivity index (χ1) is 12.9. The average molecular weight is 405 g/mol. The minimum atomic E-state index is -0.186. The zero-order chi connectivity index (χ0) is 19.4. The van der Waals surface area contributed by atoms with Gasteiger partial charge >= 0.3 is 0 Å². The van der Waals surface area contributed by atoms with E-state index in [1.165, 1.54) is 41.5 Å². The van der Waals surface area contributed by atoms with Crippen LogP contribution in [0.1, 0.15) is 45.6 Å². The van der Waals surface area contributed by atoms with Gasteiger partial charge in [-0.1, -0.05) is 67.5 Å². The lowest BCUT2D eigenvalue weighted by molar-refractivity contribution is -0.121. The van der Waals surface area contributed by atoms with Crippen molar-refractivity contribution in [2.75, 3.05) is 5.32 Å². The molecule has 1 amide bonds. The van der Waals surface area contributed by atoms with Gasteiger partial charge in [0, 0.05) is 11.7 Å². The highest BCUT2D eigenvalue weighted by Crippen LogP contribution is 2.32. The lowest BCUT2D eigenvalue weighted by Crippen LogP contribution is -2.46. The van der Waals surface area contributed by atoms with E-state index < -0.39 is 0 Å². The molecule has 0 spiro atoms. The molecule has 0 bridgehead atoms. The lowest BCUT2D eigenvalue weighted by Gasteiger charge is -2.35. The summed E-state index contributed by atoms with van der Waals surface area (Å²) in [6, 6.07) is 8.44. The second kappa shape index (κ2) is 9.06. The van der Waals surface area contributed by atoms with Crippen LogP contribution in [-0.2, 0) is 4.79 Å². The Morgan fingerprint density at radius 1 is 1.22 bits per heavy atom. The van der Waals surface area contributed by atoms with Crippen LogP contribution in [0.5, 0.6) is 0 Å². The number of nitrogens with zero attached hydrogens (tertiary/aromatic N) is 2. The number of aryl methyl sites for hydroxylation is 1. The molecule has 2 aromatic rings. The molecular weight excluding hydrogens is 376 g/mol. The number of thioether (sulfide) groups is 1. The van der Waals surface area contributed by atoms with Gasteiger partial charge in [-0.3, -0.25) is 4.79 Å². The summed E-state index contributed by atoms with van der Waals surface area (Å²) in [7, 11) is 0. The van der Waals surface area contributed by atoms with Crippen LogP contribution in [0.2, 0.25) is 0 Å². The number of anilines is 2. The molecule has 1 saturated carbocycles. The smallest absolute Gasteiger partial charge is 0.233 e. The second-order valence-corrected chi connectivity index (χ2v) is 10.1. The highest BCUT2D eigenvalue weighted by molar-refractivity contribution is 8.02. The van der Waals surface area contributed by atoms with Gasteiger partial charge in [-0.05, 0) is 44.2 Å². The van der Waals surface area contributed by atoms with E-state index in [0.29, 0.717) is 11.8 Å². The van der Waals surface area contributed by atoms with Gasteiger partial charge in [0.1, 0.15) is 0 Å². The van der Waals surface area contributed by atoms with Gasteiger partial charge in [0.2, 0.25) is 11.0 Å². The molecule has 7 heteroatoms. The number of amides is 1. The number of hydrogen-bond acceptors (Lipinski definition) is 6. The lowest BCUT2D eigenvalue weighted by atomic mass is 9.78. The van der Waals surface area contributed by atoms with Crippen molar-refractivity contribution in [1.29, 1.82) is 0 Å². The molecule has 1 fully saturated rings. The third-order valence-corrected chi connectivity index (χ3v) is 7.41. The maximum absolute atomic E-state index is 12.6. The number of aromatic nitrogens is 2. The molecule has 1 aliphatic carbocycles. The molecule has 1 aromatic heterocycles. The van der Waals surface area contributed by atoms with E-state index in [4.69, 9.17) is 0 Å². The Hall–Kier alpha value is -1.60. The summed E-state index contributed by atoms with van der Waals surface area (Å²) in [4.78, 5) is 12.6. The molecular formula is C20H28N4OS2. The van der Waals surface area contributed by atoms with E-state index >= 15 is 0 Å². The fourth-order valence-electron chi connectivity index (χ4n) is 3.36. The molecule has 0 saturated heterocycles. The topological polar surface area (TPSA) is 66.9 Å². The first kappa shape index (κ1) is 20.1. The van der Waals surface area contributed by atoms with Gasteiger partial charge in [-0.15, -0.1) is 10.2 Å². The predicted octanol–water partition coefficient (Wildman–Crippen LogP) is 5.01. The molecule has 146 valence electrons. The maximum Gasteiger partial charge on any atom is 0.233 e. The summed E-state index contributed by atoms with van der Waals surface area (Å²) in [6.45, 7) is 8.53. The van der Waals surface area contributed by atoms with E-state index in [2.05, 4.69) is 53.7 Å². The van der Waals surface area contributed by atoms with Crippen LogP contribution in [0.3, 0.4) is 0 Å². The molecule has 4 atom stereocenters. The van der Waals surface area contributed by atoms with Crippen molar-refractivity contribution < 1.29 is 4.79 Å². The van der Waals surface area contributed by atoms with E-state index in [0.717, 1.165) is 21.6 Å². The summed E-state index contributed by atoms with van der Waals surface area (Å²) < 4.78 is 0.803. The first-order valence-electron chi connectivity index (χ1n) is 9.56. The van der Waals surface area contributed by atoms with Gasteiger partial charge < -0.3 is 10.6 Å². The second-order valence-electron chi connectivity index (χ2n) is 7.51. The van der Waals surface area contributed by atoms with E-state index in [1.54, 1.807) is 0 Å². The van der Waals surface area contributed by atoms with Crippen LogP contribution in [0.25, 0.3) is 0 Å². The third-order valence-electron chi connectivity index (χ3n) is 5.39. The van der Waals surface area contributed by atoms with Crippen LogP contribution in [0.4, 0.5) is 10.8 Å². The summed E-state index contributed by atoms with van der Waals surface area (Å²) >= 11 is 2.94. The van der Waals surface area contributed by atoms with Gasteiger partial charge in [0.25, 0.3) is 0 Å². The summed E-state index contributed by atoms with van der Waals surface area (Å²) in [5.74, 6) is 1.30. The zero-order valence-corrected chi connectivity index (χ0v) is 18.0. The molecule has 0 aliphatic heterocycles. The Kier molecular flexibility index (Phi) is 6.76. The largest absolute Gasteiger partial charge is 0.352 e. The average Bonchev–Trinajstić information content (AvgIpc) is 3.07. The monoisotopic (exact) mass is 404 g/mol.